The number of aromatic nitrogens is 2. The molecule has 1 aromatic heterocycles. The van der Waals surface area contributed by atoms with E-state index in [-0.39, 0.29) is 12.1 Å². The van der Waals surface area contributed by atoms with Crippen LogP contribution in [0.2, 0.25) is 0 Å². The molecular formula is C26H22N4O2. The molecule has 1 unspecified atom stereocenters. The van der Waals surface area contributed by atoms with Crippen molar-refractivity contribution in [1.29, 1.82) is 0 Å². The maximum Gasteiger partial charge on any atom is 0.322 e. The predicted octanol–water partition coefficient (Wildman–Crippen LogP) is 5.43. The number of nitrogens with one attached hydrogen (secondary N) is 1. The third kappa shape index (κ3) is 3.78. The van der Waals surface area contributed by atoms with Crippen molar-refractivity contribution in [3.63, 3.8) is 0 Å². The molecule has 6 heteroatoms. The van der Waals surface area contributed by atoms with Crippen LogP contribution in [0, 0.1) is 0 Å². The van der Waals surface area contributed by atoms with Gasteiger partial charge in [0.2, 0.25) is 5.82 Å². The van der Waals surface area contributed by atoms with Gasteiger partial charge in [-0.05, 0) is 18.1 Å². The minimum Gasteiger partial charge on any atom is -0.334 e. The van der Waals surface area contributed by atoms with E-state index in [0.29, 0.717) is 18.3 Å². The quantitative estimate of drug-likeness (QED) is 0.465. The second kappa shape index (κ2) is 8.51. The lowest BCUT2D eigenvalue weighted by molar-refractivity contribution is 0.203. The van der Waals surface area contributed by atoms with Gasteiger partial charge in [-0.2, -0.15) is 4.98 Å². The Balaban J connectivity index is 1.60. The zero-order valence-corrected chi connectivity index (χ0v) is 17.6. The van der Waals surface area contributed by atoms with E-state index in [4.69, 9.17) is 4.52 Å². The molecule has 3 aromatic carbocycles. The lowest BCUT2D eigenvalue weighted by atomic mass is 9.94. The van der Waals surface area contributed by atoms with E-state index in [1.807, 2.05) is 97.9 Å². The molecule has 5 rings (SSSR count). The maximum absolute atomic E-state index is 13.1. The molecule has 1 N–H and O–H groups in total. The number of carbonyl (C=O) groups excluding carboxylic acids is 1. The molecule has 158 valence electrons. The molecule has 0 aliphatic carbocycles. The Bertz CT molecular complexity index is 1250. The predicted molar refractivity (Wildman–Crippen MR) is 122 cm³/mol. The summed E-state index contributed by atoms with van der Waals surface area (Å²) in [4.78, 5) is 19.5. The van der Waals surface area contributed by atoms with Crippen molar-refractivity contribution in [2.75, 3.05) is 0 Å². The summed E-state index contributed by atoms with van der Waals surface area (Å²) < 4.78 is 5.72. The van der Waals surface area contributed by atoms with Crippen LogP contribution in [-0.2, 0) is 6.54 Å². The number of carbonyl (C=O) groups is 1. The summed E-state index contributed by atoms with van der Waals surface area (Å²) in [5.41, 5.74) is 4.44. The van der Waals surface area contributed by atoms with Gasteiger partial charge in [-0.3, -0.25) is 4.90 Å². The summed E-state index contributed by atoms with van der Waals surface area (Å²) in [5, 5.41) is 7.33. The van der Waals surface area contributed by atoms with E-state index in [0.717, 1.165) is 28.0 Å². The van der Waals surface area contributed by atoms with E-state index < -0.39 is 0 Å². The minimum absolute atomic E-state index is 0.160. The van der Waals surface area contributed by atoms with Gasteiger partial charge in [-0.1, -0.05) is 96.2 Å². The van der Waals surface area contributed by atoms with E-state index in [2.05, 4.69) is 15.5 Å². The lowest BCUT2D eigenvalue weighted by Crippen LogP contribution is -2.45. The summed E-state index contributed by atoms with van der Waals surface area (Å²) in [6, 6.07) is 28.9. The zero-order valence-electron chi connectivity index (χ0n) is 17.6. The molecule has 1 atom stereocenters. The van der Waals surface area contributed by atoms with Crippen molar-refractivity contribution < 1.29 is 9.32 Å². The van der Waals surface area contributed by atoms with Crippen LogP contribution in [0.5, 0.6) is 0 Å². The van der Waals surface area contributed by atoms with Crippen LogP contribution >= 0.6 is 0 Å². The van der Waals surface area contributed by atoms with Crippen molar-refractivity contribution in [1.82, 2.24) is 20.4 Å². The van der Waals surface area contributed by atoms with Crippen LogP contribution in [0.3, 0.4) is 0 Å². The first-order valence-electron chi connectivity index (χ1n) is 10.5. The number of hydrogen-bond acceptors (Lipinski definition) is 4. The summed E-state index contributed by atoms with van der Waals surface area (Å²) in [7, 11) is 0. The number of rotatable bonds is 5. The normalized spacial score (nSPS) is 16.2. The molecule has 2 heterocycles. The molecule has 2 amide bonds. The van der Waals surface area contributed by atoms with Gasteiger partial charge >= 0.3 is 6.03 Å². The molecule has 0 spiro atoms. The van der Waals surface area contributed by atoms with Gasteiger partial charge in [0, 0.05) is 11.3 Å². The topological polar surface area (TPSA) is 71.3 Å². The molecule has 0 saturated carbocycles. The third-order valence-corrected chi connectivity index (χ3v) is 5.60. The fourth-order valence-electron chi connectivity index (χ4n) is 3.95. The van der Waals surface area contributed by atoms with Crippen molar-refractivity contribution in [2.24, 2.45) is 0 Å². The third-order valence-electron chi connectivity index (χ3n) is 5.60. The highest BCUT2D eigenvalue weighted by molar-refractivity contribution is 5.86. The summed E-state index contributed by atoms with van der Waals surface area (Å²) >= 11 is 0. The van der Waals surface area contributed by atoms with Gasteiger partial charge in [-0.15, -0.1) is 0 Å². The second-order valence-electron chi connectivity index (χ2n) is 7.65. The van der Waals surface area contributed by atoms with Crippen LogP contribution in [0.4, 0.5) is 4.79 Å². The van der Waals surface area contributed by atoms with Crippen LogP contribution in [0.15, 0.2) is 101 Å². The summed E-state index contributed by atoms with van der Waals surface area (Å²) in [6.45, 7) is 2.38. The summed E-state index contributed by atoms with van der Waals surface area (Å²) in [6.07, 6.45) is 0. The van der Waals surface area contributed by atoms with Crippen molar-refractivity contribution in [3.05, 3.63) is 114 Å². The fraction of sp³-hybridized carbons (Fsp3) is 0.115. The summed E-state index contributed by atoms with van der Waals surface area (Å²) in [5.74, 6) is 0.910. The van der Waals surface area contributed by atoms with Crippen molar-refractivity contribution in [2.45, 2.75) is 19.5 Å². The Kier molecular flexibility index (Phi) is 5.25. The van der Waals surface area contributed by atoms with Crippen LogP contribution in [-0.4, -0.2) is 21.1 Å². The highest BCUT2D eigenvalue weighted by Gasteiger charge is 2.35. The Morgan fingerprint density at radius 2 is 1.53 bits per heavy atom. The molecule has 0 bridgehead atoms. The van der Waals surface area contributed by atoms with Crippen LogP contribution in [0.25, 0.3) is 17.0 Å². The van der Waals surface area contributed by atoms with Gasteiger partial charge in [0.15, 0.2) is 0 Å². The molecule has 0 saturated heterocycles. The van der Waals surface area contributed by atoms with Crippen molar-refractivity contribution >= 4 is 11.6 Å². The first kappa shape index (κ1) is 19.8. The van der Waals surface area contributed by atoms with E-state index in [1.54, 1.807) is 4.90 Å². The zero-order chi connectivity index (χ0) is 21.9. The Morgan fingerprint density at radius 3 is 2.22 bits per heavy atom. The first-order chi connectivity index (χ1) is 15.7. The molecule has 1 aliphatic heterocycles. The van der Waals surface area contributed by atoms with Gasteiger partial charge in [0.25, 0.3) is 5.89 Å². The smallest absolute Gasteiger partial charge is 0.322 e. The average Bonchev–Trinajstić information content (AvgIpc) is 3.33. The van der Waals surface area contributed by atoms with E-state index in [9.17, 15) is 4.79 Å². The van der Waals surface area contributed by atoms with Crippen molar-refractivity contribution in [3.8, 4) is 11.4 Å². The largest absolute Gasteiger partial charge is 0.334 e. The van der Waals surface area contributed by atoms with E-state index >= 15 is 0 Å². The standard InChI is InChI=1S/C26H22N4O2/c1-18-22(25-28-24(29-32-25)21-15-9-4-10-16-21)23(20-13-7-3-8-14-20)27-26(31)30(18)17-19-11-5-2-6-12-19/h2-16,23H,17H2,1H3,(H,27,31). The average molecular weight is 422 g/mol. The molecule has 32 heavy (non-hydrogen) atoms. The van der Waals surface area contributed by atoms with Gasteiger partial charge < -0.3 is 9.84 Å². The van der Waals surface area contributed by atoms with E-state index in [1.165, 1.54) is 0 Å². The monoisotopic (exact) mass is 422 g/mol. The van der Waals surface area contributed by atoms with Gasteiger partial charge in [-0.25, -0.2) is 4.79 Å². The molecule has 0 radical (unpaired) electrons. The highest BCUT2D eigenvalue weighted by atomic mass is 16.5. The van der Waals surface area contributed by atoms with Gasteiger partial charge in [0.1, 0.15) is 0 Å². The Morgan fingerprint density at radius 1 is 0.906 bits per heavy atom. The number of allylic oxidation sites excluding steroid dienone is 1. The number of urea groups is 1. The Hall–Kier alpha value is -4.19. The number of nitrogens with zero attached hydrogens (tertiary/aromatic N) is 3. The second-order valence-corrected chi connectivity index (χ2v) is 7.65. The first-order valence-corrected chi connectivity index (χ1v) is 10.5. The number of amides is 2. The molecule has 0 fully saturated rings. The number of benzene rings is 3. The minimum atomic E-state index is -0.389. The molecule has 6 nitrogen and oxygen atoms in total. The Labute approximate surface area is 186 Å². The molecular weight excluding hydrogens is 400 g/mol. The molecule has 4 aromatic rings. The SMILES string of the molecule is CC1=C(c2nc(-c3ccccc3)no2)C(c2ccccc2)NC(=O)N1Cc1ccccc1. The maximum atomic E-state index is 13.1. The van der Waals surface area contributed by atoms with Gasteiger partial charge in [0.05, 0.1) is 18.2 Å². The van der Waals surface area contributed by atoms with Crippen LogP contribution < -0.4 is 5.32 Å². The fourth-order valence-corrected chi connectivity index (χ4v) is 3.95. The highest BCUT2D eigenvalue weighted by Crippen LogP contribution is 2.37. The molecule has 1 aliphatic rings. The van der Waals surface area contributed by atoms with Crippen LogP contribution in [0.1, 0.15) is 30.0 Å². The lowest BCUT2D eigenvalue weighted by Gasteiger charge is -2.35. The number of hydrogen-bond donors (Lipinski definition) is 1.